The van der Waals surface area contributed by atoms with Crippen LogP contribution in [0.15, 0.2) is 36.5 Å². The van der Waals surface area contributed by atoms with E-state index in [2.05, 4.69) is 4.98 Å². The van der Waals surface area contributed by atoms with E-state index in [0.717, 1.165) is 10.8 Å². The van der Waals surface area contributed by atoms with Crippen molar-refractivity contribution in [1.29, 1.82) is 0 Å². The topological polar surface area (TPSA) is 59.2 Å². The molecule has 0 aliphatic rings. The standard InChI is InChI=1S/C16H21N3O/c1-3-19(11-12(2)10-17)16(20)15-14-7-5-4-6-13(14)8-9-18-15/h4-9,12H,3,10-11,17H2,1-2H3. The van der Waals surface area contributed by atoms with Gasteiger partial charge in [-0.2, -0.15) is 0 Å². The number of pyridine rings is 1. The van der Waals surface area contributed by atoms with Gasteiger partial charge in [0.1, 0.15) is 5.69 Å². The molecule has 0 radical (unpaired) electrons. The third-order valence-corrected chi connectivity index (χ3v) is 3.48. The summed E-state index contributed by atoms with van der Waals surface area (Å²) >= 11 is 0. The van der Waals surface area contributed by atoms with Gasteiger partial charge >= 0.3 is 0 Å². The van der Waals surface area contributed by atoms with Crippen LogP contribution in [0.5, 0.6) is 0 Å². The molecule has 0 spiro atoms. The number of rotatable bonds is 5. The Bertz CT molecular complexity index is 592. The highest BCUT2D eigenvalue weighted by Crippen LogP contribution is 2.18. The number of carbonyl (C=O) groups is 1. The van der Waals surface area contributed by atoms with Crippen LogP contribution in [0.1, 0.15) is 24.3 Å². The Morgan fingerprint density at radius 1 is 1.35 bits per heavy atom. The molecule has 20 heavy (non-hydrogen) atoms. The smallest absolute Gasteiger partial charge is 0.273 e. The van der Waals surface area contributed by atoms with Crippen molar-refractivity contribution < 1.29 is 4.79 Å². The predicted molar refractivity (Wildman–Crippen MR) is 81.5 cm³/mol. The van der Waals surface area contributed by atoms with Crippen molar-refractivity contribution in [2.75, 3.05) is 19.6 Å². The molecule has 106 valence electrons. The van der Waals surface area contributed by atoms with Crippen molar-refractivity contribution in [1.82, 2.24) is 9.88 Å². The van der Waals surface area contributed by atoms with E-state index in [4.69, 9.17) is 5.73 Å². The van der Waals surface area contributed by atoms with E-state index >= 15 is 0 Å². The zero-order chi connectivity index (χ0) is 14.5. The van der Waals surface area contributed by atoms with Crippen LogP contribution in [-0.2, 0) is 0 Å². The largest absolute Gasteiger partial charge is 0.337 e. The Morgan fingerprint density at radius 2 is 2.10 bits per heavy atom. The van der Waals surface area contributed by atoms with Gasteiger partial charge in [-0.05, 0) is 30.8 Å². The van der Waals surface area contributed by atoms with Crippen LogP contribution in [0.3, 0.4) is 0 Å². The number of fused-ring (bicyclic) bond motifs is 1. The molecule has 2 aromatic rings. The lowest BCUT2D eigenvalue weighted by Gasteiger charge is -2.24. The molecule has 4 heteroatoms. The van der Waals surface area contributed by atoms with Gasteiger partial charge in [0.2, 0.25) is 0 Å². The highest BCUT2D eigenvalue weighted by molar-refractivity contribution is 6.05. The van der Waals surface area contributed by atoms with Crippen molar-refractivity contribution in [3.8, 4) is 0 Å². The maximum absolute atomic E-state index is 12.7. The summed E-state index contributed by atoms with van der Waals surface area (Å²) in [7, 11) is 0. The fourth-order valence-electron chi connectivity index (χ4n) is 2.25. The summed E-state index contributed by atoms with van der Waals surface area (Å²) in [6.07, 6.45) is 1.69. The highest BCUT2D eigenvalue weighted by Gasteiger charge is 2.19. The first-order valence-electron chi connectivity index (χ1n) is 7.00. The number of nitrogens with two attached hydrogens (primary N) is 1. The highest BCUT2D eigenvalue weighted by atomic mass is 16.2. The monoisotopic (exact) mass is 271 g/mol. The Hall–Kier alpha value is -1.94. The van der Waals surface area contributed by atoms with Crippen LogP contribution in [0.4, 0.5) is 0 Å². The van der Waals surface area contributed by atoms with E-state index in [1.807, 2.05) is 49.1 Å². The number of hydrogen-bond donors (Lipinski definition) is 1. The molecule has 1 amide bonds. The zero-order valence-corrected chi connectivity index (χ0v) is 12.0. The van der Waals surface area contributed by atoms with Gasteiger partial charge in [-0.25, -0.2) is 0 Å². The van der Waals surface area contributed by atoms with Crippen LogP contribution < -0.4 is 5.73 Å². The Kier molecular flexibility index (Phi) is 4.69. The summed E-state index contributed by atoms with van der Waals surface area (Å²) in [5.74, 6) is 0.262. The van der Waals surface area contributed by atoms with E-state index in [0.29, 0.717) is 25.3 Å². The van der Waals surface area contributed by atoms with Gasteiger partial charge in [0.05, 0.1) is 0 Å². The van der Waals surface area contributed by atoms with Gasteiger partial charge in [-0.15, -0.1) is 0 Å². The van der Waals surface area contributed by atoms with Crippen LogP contribution in [0, 0.1) is 5.92 Å². The maximum Gasteiger partial charge on any atom is 0.273 e. The van der Waals surface area contributed by atoms with E-state index < -0.39 is 0 Å². The molecule has 0 aliphatic carbocycles. The predicted octanol–water partition coefficient (Wildman–Crippen LogP) is 2.29. The summed E-state index contributed by atoms with van der Waals surface area (Å²) in [5, 5.41) is 1.94. The van der Waals surface area contributed by atoms with Crippen molar-refractivity contribution in [3.05, 3.63) is 42.2 Å². The van der Waals surface area contributed by atoms with Gasteiger partial charge in [-0.1, -0.05) is 31.2 Å². The summed E-state index contributed by atoms with van der Waals surface area (Å²) in [6.45, 7) is 5.93. The first-order chi connectivity index (χ1) is 9.67. The molecule has 0 aliphatic heterocycles. The first-order valence-corrected chi connectivity index (χ1v) is 7.00. The second-order valence-corrected chi connectivity index (χ2v) is 5.07. The van der Waals surface area contributed by atoms with Crippen molar-refractivity contribution in [3.63, 3.8) is 0 Å². The molecule has 1 aromatic heterocycles. The molecule has 1 atom stereocenters. The third-order valence-electron chi connectivity index (χ3n) is 3.48. The lowest BCUT2D eigenvalue weighted by molar-refractivity contribution is 0.0740. The third kappa shape index (κ3) is 2.96. The lowest BCUT2D eigenvalue weighted by atomic mass is 10.1. The van der Waals surface area contributed by atoms with E-state index in [9.17, 15) is 4.79 Å². The molecular formula is C16H21N3O. The maximum atomic E-state index is 12.7. The average Bonchev–Trinajstić information content (AvgIpc) is 2.51. The number of hydrogen-bond acceptors (Lipinski definition) is 3. The van der Waals surface area contributed by atoms with Gasteiger partial charge in [0.15, 0.2) is 0 Å². The minimum Gasteiger partial charge on any atom is -0.337 e. The molecule has 1 unspecified atom stereocenters. The Labute approximate surface area is 119 Å². The molecule has 4 nitrogen and oxygen atoms in total. The fourth-order valence-corrected chi connectivity index (χ4v) is 2.25. The normalized spacial score (nSPS) is 12.3. The molecular weight excluding hydrogens is 250 g/mol. The molecule has 2 rings (SSSR count). The van der Waals surface area contributed by atoms with Gasteiger partial charge < -0.3 is 10.6 Å². The summed E-state index contributed by atoms with van der Waals surface area (Å²) in [5.41, 5.74) is 6.17. The summed E-state index contributed by atoms with van der Waals surface area (Å²) in [6, 6.07) is 9.75. The van der Waals surface area contributed by atoms with Gasteiger partial charge in [0, 0.05) is 24.7 Å². The van der Waals surface area contributed by atoms with Crippen molar-refractivity contribution in [2.24, 2.45) is 11.7 Å². The molecule has 1 aromatic carbocycles. The van der Waals surface area contributed by atoms with E-state index in [-0.39, 0.29) is 11.8 Å². The minimum atomic E-state index is -0.0235. The van der Waals surface area contributed by atoms with Crippen LogP contribution in [-0.4, -0.2) is 35.4 Å². The first kappa shape index (κ1) is 14.5. The lowest BCUT2D eigenvalue weighted by Crippen LogP contribution is -2.37. The SMILES string of the molecule is CCN(CC(C)CN)C(=O)c1nccc2ccccc12. The van der Waals surface area contributed by atoms with Crippen LogP contribution in [0.2, 0.25) is 0 Å². The number of nitrogens with zero attached hydrogens (tertiary/aromatic N) is 2. The summed E-state index contributed by atoms with van der Waals surface area (Å²) < 4.78 is 0. The molecule has 0 bridgehead atoms. The number of benzene rings is 1. The number of aromatic nitrogens is 1. The van der Waals surface area contributed by atoms with Crippen LogP contribution >= 0.6 is 0 Å². The van der Waals surface area contributed by atoms with E-state index in [1.54, 1.807) is 6.20 Å². The number of carbonyl (C=O) groups excluding carboxylic acids is 1. The average molecular weight is 271 g/mol. The molecule has 0 saturated heterocycles. The van der Waals surface area contributed by atoms with Gasteiger partial charge in [0.25, 0.3) is 5.91 Å². The fraction of sp³-hybridized carbons (Fsp3) is 0.375. The quantitative estimate of drug-likeness (QED) is 0.907. The second-order valence-electron chi connectivity index (χ2n) is 5.07. The Balaban J connectivity index is 2.34. The number of amides is 1. The van der Waals surface area contributed by atoms with E-state index in [1.165, 1.54) is 0 Å². The second kappa shape index (κ2) is 6.48. The van der Waals surface area contributed by atoms with Crippen molar-refractivity contribution >= 4 is 16.7 Å². The molecule has 0 fully saturated rings. The summed E-state index contributed by atoms with van der Waals surface area (Å²) in [4.78, 5) is 18.8. The Morgan fingerprint density at radius 3 is 2.80 bits per heavy atom. The molecule has 2 N–H and O–H groups in total. The minimum absolute atomic E-state index is 0.0235. The van der Waals surface area contributed by atoms with Crippen LogP contribution in [0.25, 0.3) is 10.8 Å². The molecule has 0 saturated carbocycles. The zero-order valence-electron chi connectivity index (χ0n) is 12.0. The van der Waals surface area contributed by atoms with Crippen molar-refractivity contribution in [2.45, 2.75) is 13.8 Å². The van der Waals surface area contributed by atoms with Gasteiger partial charge in [-0.3, -0.25) is 9.78 Å². The molecule has 1 heterocycles.